The van der Waals surface area contributed by atoms with Gasteiger partial charge >= 0.3 is 0 Å². The molecule has 1 amide bonds. The van der Waals surface area contributed by atoms with E-state index in [1.54, 1.807) is 18.3 Å². The van der Waals surface area contributed by atoms with Gasteiger partial charge in [0.15, 0.2) is 0 Å². The SMILES string of the molecule is COCC(=O)Nc1ccc(Br)cn1. The summed E-state index contributed by atoms with van der Waals surface area (Å²) in [5.41, 5.74) is 0. The summed E-state index contributed by atoms with van der Waals surface area (Å²) >= 11 is 3.24. The summed E-state index contributed by atoms with van der Waals surface area (Å²) in [5.74, 6) is 0.308. The number of nitrogens with zero attached hydrogens (tertiary/aromatic N) is 1. The van der Waals surface area contributed by atoms with Gasteiger partial charge in [-0.3, -0.25) is 4.79 Å². The van der Waals surface area contributed by atoms with Gasteiger partial charge in [0.1, 0.15) is 12.4 Å². The molecule has 0 spiro atoms. The molecule has 1 heterocycles. The maximum Gasteiger partial charge on any atom is 0.251 e. The molecule has 0 aliphatic carbocycles. The van der Waals surface area contributed by atoms with Gasteiger partial charge in [-0.25, -0.2) is 4.98 Å². The Kier molecular flexibility index (Phi) is 3.85. The fourth-order valence-corrected chi connectivity index (χ4v) is 0.994. The molecule has 0 atom stereocenters. The van der Waals surface area contributed by atoms with Crippen molar-refractivity contribution in [2.45, 2.75) is 0 Å². The van der Waals surface area contributed by atoms with Crippen molar-refractivity contribution >= 4 is 27.7 Å². The number of aromatic nitrogens is 1. The van der Waals surface area contributed by atoms with E-state index in [0.29, 0.717) is 5.82 Å². The Labute approximate surface area is 84.4 Å². The first-order chi connectivity index (χ1) is 6.22. The van der Waals surface area contributed by atoms with Gasteiger partial charge in [0, 0.05) is 17.8 Å². The molecule has 0 saturated heterocycles. The molecule has 0 saturated carbocycles. The first-order valence-electron chi connectivity index (χ1n) is 3.62. The highest BCUT2D eigenvalue weighted by atomic mass is 79.9. The minimum Gasteiger partial charge on any atom is -0.375 e. The van der Waals surface area contributed by atoms with E-state index in [-0.39, 0.29) is 12.5 Å². The molecular weight excluding hydrogens is 236 g/mol. The molecule has 0 aliphatic rings. The third-order valence-electron chi connectivity index (χ3n) is 1.27. The normalized spacial score (nSPS) is 9.69. The highest BCUT2D eigenvalue weighted by Crippen LogP contribution is 2.09. The highest BCUT2D eigenvalue weighted by Gasteiger charge is 2.00. The number of hydrogen-bond donors (Lipinski definition) is 1. The monoisotopic (exact) mass is 244 g/mol. The van der Waals surface area contributed by atoms with Gasteiger partial charge in [0.2, 0.25) is 0 Å². The van der Waals surface area contributed by atoms with Crippen LogP contribution in [0.3, 0.4) is 0 Å². The molecule has 1 aromatic rings. The number of methoxy groups -OCH3 is 1. The highest BCUT2D eigenvalue weighted by molar-refractivity contribution is 9.10. The van der Waals surface area contributed by atoms with Crippen molar-refractivity contribution in [3.8, 4) is 0 Å². The zero-order valence-electron chi connectivity index (χ0n) is 7.08. The molecular formula is C8H9BrN2O2. The molecule has 4 nitrogen and oxygen atoms in total. The molecule has 0 unspecified atom stereocenters. The lowest BCUT2D eigenvalue weighted by Gasteiger charge is -2.02. The third kappa shape index (κ3) is 3.52. The quantitative estimate of drug-likeness (QED) is 0.876. The van der Waals surface area contributed by atoms with E-state index in [1.807, 2.05) is 0 Å². The lowest BCUT2D eigenvalue weighted by Crippen LogP contribution is -2.17. The van der Waals surface area contributed by atoms with Crippen LogP contribution in [0.25, 0.3) is 0 Å². The van der Waals surface area contributed by atoms with E-state index in [0.717, 1.165) is 4.47 Å². The molecule has 70 valence electrons. The van der Waals surface area contributed by atoms with Crippen molar-refractivity contribution in [1.82, 2.24) is 4.98 Å². The van der Waals surface area contributed by atoms with Crippen LogP contribution in [0, 0.1) is 0 Å². The van der Waals surface area contributed by atoms with Crippen molar-refractivity contribution in [1.29, 1.82) is 0 Å². The molecule has 0 aliphatic heterocycles. The van der Waals surface area contributed by atoms with Gasteiger partial charge in [-0.1, -0.05) is 0 Å². The van der Waals surface area contributed by atoms with Crippen LogP contribution in [0.4, 0.5) is 5.82 Å². The largest absolute Gasteiger partial charge is 0.375 e. The summed E-state index contributed by atoms with van der Waals surface area (Å²) in [7, 11) is 1.47. The lowest BCUT2D eigenvalue weighted by atomic mass is 10.4. The number of carbonyl (C=O) groups excluding carboxylic acids is 1. The molecule has 0 fully saturated rings. The molecule has 1 N–H and O–H groups in total. The Morgan fingerprint density at radius 3 is 3.00 bits per heavy atom. The van der Waals surface area contributed by atoms with Gasteiger partial charge in [-0.05, 0) is 28.1 Å². The van der Waals surface area contributed by atoms with E-state index >= 15 is 0 Å². The molecule has 13 heavy (non-hydrogen) atoms. The maximum atomic E-state index is 11.0. The van der Waals surface area contributed by atoms with Gasteiger partial charge < -0.3 is 10.1 Å². The molecule has 1 rings (SSSR count). The Morgan fingerprint density at radius 1 is 1.69 bits per heavy atom. The Hall–Kier alpha value is -0.940. The zero-order valence-corrected chi connectivity index (χ0v) is 8.67. The van der Waals surface area contributed by atoms with Crippen LogP contribution in [0.1, 0.15) is 0 Å². The van der Waals surface area contributed by atoms with Crippen molar-refractivity contribution in [2.24, 2.45) is 0 Å². The first kappa shape index (κ1) is 10.1. The second kappa shape index (κ2) is 4.94. The number of amides is 1. The second-order valence-electron chi connectivity index (χ2n) is 2.34. The van der Waals surface area contributed by atoms with Crippen molar-refractivity contribution in [2.75, 3.05) is 19.0 Å². The van der Waals surface area contributed by atoms with Crippen molar-refractivity contribution < 1.29 is 9.53 Å². The lowest BCUT2D eigenvalue weighted by molar-refractivity contribution is -0.119. The van der Waals surface area contributed by atoms with Gasteiger partial charge in [0.05, 0.1) is 0 Å². The minimum atomic E-state index is -0.211. The summed E-state index contributed by atoms with van der Waals surface area (Å²) in [6.07, 6.45) is 1.61. The topological polar surface area (TPSA) is 51.2 Å². The van der Waals surface area contributed by atoms with Crippen molar-refractivity contribution in [3.05, 3.63) is 22.8 Å². The standard InChI is InChI=1S/C8H9BrN2O2/c1-13-5-8(12)11-7-3-2-6(9)4-10-7/h2-4H,5H2,1H3,(H,10,11,12). The molecule has 5 heteroatoms. The van der Waals surface area contributed by atoms with Crippen LogP contribution < -0.4 is 5.32 Å². The number of rotatable bonds is 3. The average Bonchev–Trinajstić information content (AvgIpc) is 2.09. The number of pyridine rings is 1. The van der Waals surface area contributed by atoms with Crippen LogP contribution in [0.2, 0.25) is 0 Å². The Morgan fingerprint density at radius 2 is 2.46 bits per heavy atom. The maximum absolute atomic E-state index is 11.0. The van der Waals surface area contributed by atoms with E-state index in [2.05, 4.69) is 31.0 Å². The van der Waals surface area contributed by atoms with E-state index in [9.17, 15) is 4.79 Å². The molecule has 1 aromatic heterocycles. The zero-order chi connectivity index (χ0) is 9.68. The second-order valence-corrected chi connectivity index (χ2v) is 3.26. The Bertz CT molecular complexity index is 287. The predicted octanol–water partition coefficient (Wildman–Crippen LogP) is 1.43. The van der Waals surface area contributed by atoms with Gasteiger partial charge in [-0.15, -0.1) is 0 Å². The molecule has 0 bridgehead atoms. The summed E-state index contributed by atoms with van der Waals surface area (Å²) in [6, 6.07) is 3.51. The van der Waals surface area contributed by atoms with Crippen LogP contribution in [-0.2, 0) is 9.53 Å². The number of halogens is 1. The van der Waals surface area contributed by atoms with Crippen molar-refractivity contribution in [3.63, 3.8) is 0 Å². The summed E-state index contributed by atoms with van der Waals surface area (Å²) < 4.78 is 5.52. The fourth-order valence-electron chi connectivity index (χ4n) is 0.760. The van der Waals surface area contributed by atoms with Gasteiger partial charge in [0.25, 0.3) is 5.91 Å². The van der Waals surface area contributed by atoms with E-state index < -0.39 is 0 Å². The van der Waals surface area contributed by atoms with Crippen LogP contribution >= 0.6 is 15.9 Å². The summed E-state index contributed by atoms with van der Waals surface area (Å²) in [5, 5.41) is 2.57. The first-order valence-corrected chi connectivity index (χ1v) is 4.42. The Balaban J connectivity index is 2.54. The minimum absolute atomic E-state index is 0.0394. The molecule has 0 radical (unpaired) electrons. The van der Waals surface area contributed by atoms with E-state index in [4.69, 9.17) is 0 Å². The molecule has 0 aromatic carbocycles. The van der Waals surface area contributed by atoms with Gasteiger partial charge in [-0.2, -0.15) is 0 Å². The number of carbonyl (C=O) groups is 1. The third-order valence-corrected chi connectivity index (χ3v) is 1.74. The van der Waals surface area contributed by atoms with Crippen LogP contribution in [0.5, 0.6) is 0 Å². The number of nitrogens with one attached hydrogen (secondary N) is 1. The predicted molar refractivity (Wildman–Crippen MR) is 52.4 cm³/mol. The number of hydrogen-bond acceptors (Lipinski definition) is 3. The van der Waals surface area contributed by atoms with Crippen LogP contribution in [-0.4, -0.2) is 24.6 Å². The smallest absolute Gasteiger partial charge is 0.251 e. The summed E-state index contributed by atoms with van der Waals surface area (Å²) in [6.45, 7) is 0.0394. The van der Waals surface area contributed by atoms with Crippen LogP contribution in [0.15, 0.2) is 22.8 Å². The average molecular weight is 245 g/mol. The fraction of sp³-hybridized carbons (Fsp3) is 0.250. The number of ether oxygens (including phenoxy) is 1. The van der Waals surface area contributed by atoms with E-state index in [1.165, 1.54) is 7.11 Å². The number of anilines is 1. The summed E-state index contributed by atoms with van der Waals surface area (Å²) in [4.78, 5) is 15.0.